The Kier molecular flexibility index (Phi) is 15.2. The first-order valence-electron chi connectivity index (χ1n) is 8.05. The molecule has 0 heterocycles. The van der Waals surface area contributed by atoms with E-state index in [4.69, 9.17) is 5.11 Å². The van der Waals surface area contributed by atoms with E-state index in [1.54, 1.807) is 0 Å². The van der Waals surface area contributed by atoms with Crippen molar-refractivity contribution in [2.24, 2.45) is 5.41 Å². The first-order chi connectivity index (χ1) is 8.83. The summed E-state index contributed by atoms with van der Waals surface area (Å²) >= 11 is 0. The van der Waals surface area contributed by atoms with Gasteiger partial charge in [0.2, 0.25) is 0 Å². The molecule has 2 nitrogen and oxygen atoms in total. The van der Waals surface area contributed by atoms with E-state index in [0.29, 0.717) is 11.8 Å². The zero-order valence-electron chi connectivity index (χ0n) is 13.9. The Morgan fingerprint density at radius 3 is 1.68 bits per heavy atom. The molecule has 0 saturated carbocycles. The lowest BCUT2D eigenvalue weighted by molar-refractivity contribution is -0.137. The van der Waals surface area contributed by atoms with Gasteiger partial charge in [0, 0.05) is 6.42 Å². The molecule has 0 aliphatic carbocycles. The molecular weight excluding hydrogens is 236 g/mol. The van der Waals surface area contributed by atoms with E-state index in [2.05, 4.69) is 34.6 Å². The molecule has 0 saturated heterocycles. The van der Waals surface area contributed by atoms with Gasteiger partial charge in [-0.25, -0.2) is 0 Å². The van der Waals surface area contributed by atoms with Gasteiger partial charge in [-0.3, -0.25) is 4.79 Å². The molecule has 0 fully saturated rings. The minimum absolute atomic E-state index is 0.324. The number of unbranched alkanes of at least 4 members (excludes halogenated alkanes) is 6. The maximum Gasteiger partial charge on any atom is 0.303 e. The van der Waals surface area contributed by atoms with Gasteiger partial charge in [0.15, 0.2) is 0 Å². The Bertz CT molecular complexity index is 188. The van der Waals surface area contributed by atoms with E-state index in [1.807, 2.05) is 0 Å². The second-order valence-electron chi connectivity index (χ2n) is 6.58. The fourth-order valence-corrected chi connectivity index (χ4v) is 1.79. The molecule has 0 radical (unpaired) electrons. The van der Waals surface area contributed by atoms with Crippen molar-refractivity contribution in [3.63, 3.8) is 0 Å². The molecule has 0 atom stereocenters. The largest absolute Gasteiger partial charge is 0.481 e. The average molecular weight is 272 g/mol. The van der Waals surface area contributed by atoms with Gasteiger partial charge in [0.05, 0.1) is 0 Å². The second kappa shape index (κ2) is 13.9. The fraction of sp³-hybridized carbons (Fsp3) is 0.941. The summed E-state index contributed by atoms with van der Waals surface area (Å²) in [5.41, 5.74) is 0.392. The topological polar surface area (TPSA) is 37.3 Å². The van der Waals surface area contributed by atoms with Crippen LogP contribution in [0.25, 0.3) is 0 Å². The highest BCUT2D eigenvalue weighted by Crippen LogP contribution is 2.22. The maximum atomic E-state index is 10.2. The maximum absolute atomic E-state index is 10.2. The van der Waals surface area contributed by atoms with E-state index >= 15 is 0 Å². The normalized spacial score (nSPS) is 10.8. The van der Waals surface area contributed by atoms with Crippen LogP contribution in [0.1, 0.15) is 98.8 Å². The summed E-state index contributed by atoms with van der Waals surface area (Å²) in [6.45, 7) is 11.1. The van der Waals surface area contributed by atoms with Gasteiger partial charge >= 0.3 is 5.97 Å². The lowest BCUT2D eigenvalue weighted by atomic mass is 9.89. The Morgan fingerprint density at radius 1 is 0.842 bits per heavy atom. The zero-order chi connectivity index (χ0) is 15.1. The standard InChI is InChI=1S/C10H20O2.C7H16/c1-10(2,3)8-6-4-5-7-9(11)12;1-3-5-7-6-4-2/h4-8H2,1-3H3,(H,11,12);3-7H2,1-2H3. The number of aliphatic carboxylic acids is 1. The SMILES string of the molecule is CC(C)(C)CCCCCC(=O)O.CCCCCCC. The van der Waals surface area contributed by atoms with Crippen LogP contribution in [0.3, 0.4) is 0 Å². The number of carboxylic acid groups (broad SMARTS) is 1. The predicted octanol–water partition coefficient (Wildman–Crippen LogP) is 6.04. The molecule has 116 valence electrons. The minimum atomic E-state index is -0.675. The van der Waals surface area contributed by atoms with Gasteiger partial charge in [0.25, 0.3) is 0 Å². The van der Waals surface area contributed by atoms with Crippen LogP contribution in [0.15, 0.2) is 0 Å². The Balaban J connectivity index is 0. The third-order valence-corrected chi connectivity index (χ3v) is 3.02. The van der Waals surface area contributed by atoms with Crippen molar-refractivity contribution in [3.05, 3.63) is 0 Å². The quantitative estimate of drug-likeness (QED) is 0.519. The van der Waals surface area contributed by atoms with E-state index < -0.39 is 5.97 Å². The molecule has 0 unspecified atom stereocenters. The van der Waals surface area contributed by atoms with Crippen molar-refractivity contribution in [1.29, 1.82) is 0 Å². The van der Waals surface area contributed by atoms with Crippen LogP contribution in [-0.2, 0) is 4.79 Å². The zero-order valence-corrected chi connectivity index (χ0v) is 13.9. The molecule has 0 aromatic carbocycles. The molecular formula is C17H36O2. The van der Waals surface area contributed by atoms with Crippen LogP contribution in [0, 0.1) is 5.41 Å². The van der Waals surface area contributed by atoms with Crippen molar-refractivity contribution in [1.82, 2.24) is 0 Å². The van der Waals surface area contributed by atoms with E-state index in [-0.39, 0.29) is 0 Å². The summed E-state index contributed by atoms with van der Waals surface area (Å²) in [6, 6.07) is 0. The molecule has 1 N–H and O–H groups in total. The van der Waals surface area contributed by atoms with E-state index in [9.17, 15) is 4.79 Å². The molecule has 0 aromatic rings. The van der Waals surface area contributed by atoms with E-state index in [1.165, 1.54) is 38.5 Å². The number of rotatable bonds is 9. The highest BCUT2D eigenvalue weighted by atomic mass is 16.4. The summed E-state index contributed by atoms with van der Waals surface area (Å²) < 4.78 is 0. The van der Waals surface area contributed by atoms with E-state index in [0.717, 1.165) is 19.3 Å². The summed E-state index contributed by atoms with van der Waals surface area (Å²) in [5, 5.41) is 8.37. The van der Waals surface area contributed by atoms with Crippen LogP contribution in [-0.4, -0.2) is 11.1 Å². The van der Waals surface area contributed by atoms with Crippen molar-refractivity contribution >= 4 is 5.97 Å². The molecule has 0 rings (SSSR count). The highest BCUT2D eigenvalue weighted by Gasteiger charge is 2.08. The van der Waals surface area contributed by atoms with Crippen molar-refractivity contribution in [2.75, 3.05) is 0 Å². The van der Waals surface area contributed by atoms with Crippen LogP contribution in [0.5, 0.6) is 0 Å². The Morgan fingerprint density at radius 2 is 1.32 bits per heavy atom. The predicted molar refractivity (Wildman–Crippen MR) is 84.6 cm³/mol. The molecule has 0 aromatic heterocycles. The molecule has 19 heavy (non-hydrogen) atoms. The summed E-state index contributed by atoms with van der Waals surface area (Å²) in [6.07, 6.45) is 11.5. The number of carboxylic acids is 1. The monoisotopic (exact) mass is 272 g/mol. The van der Waals surface area contributed by atoms with Crippen LogP contribution in [0.2, 0.25) is 0 Å². The van der Waals surface area contributed by atoms with Crippen LogP contribution < -0.4 is 0 Å². The van der Waals surface area contributed by atoms with Gasteiger partial charge in [-0.15, -0.1) is 0 Å². The molecule has 0 amide bonds. The van der Waals surface area contributed by atoms with Gasteiger partial charge in [-0.1, -0.05) is 79.6 Å². The first kappa shape index (κ1) is 20.8. The minimum Gasteiger partial charge on any atom is -0.481 e. The molecule has 2 heteroatoms. The number of hydrogen-bond acceptors (Lipinski definition) is 1. The van der Waals surface area contributed by atoms with Crippen molar-refractivity contribution in [3.8, 4) is 0 Å². The van der Waals surface area contributed by atoms with Gasteiger partial charge < -0.3 is 5.11 Å². The van der Waals surface area contributed by atoms with Gasteiger partial charge in [-0.2, -0.15) is 0 Å². The van der Waals surface area contributed by atoms with Crippen LogP contribution in [0.4, 0.5) is 0 Å². The second-order valence-corrected chi connectivity index (χ2v) is 6.58. The molecule has 0 spiro atoms. The lowest BCUT2D eigenvalue weighted by Gasteiger charge is -2.17. The number of carbonyl (C=O) groups is 1. The Labute approximate surface area is 121 Å². The lowest BCUT2D eigenvalue weighted by Crippen LogP contribution is -2.04. The van der Waals surface area contributed by atoms with Gasteiger partial charge in [-0.05, 0) is 18.3 Å². The molecule has 0 aliphatic heterocycles. The molecule has 0 aliphatic rings. The third kappa shape index (κ3) is 26.9. The first-order valence-corrected chi connectivity index (χ1v) is 8.05. The van der Waals surface area contributed by atoms with Crippen molar-refractivity contribution < 1.29 is 9.90 Å². The average Bonchev–Trinajstić information content (AvgIpc) is 2.28. The third-order valence-electron chi connectivity index (χ3n) is 3.02. The number of hydrogen-bond donors (Lipinski definition) is 1. The summed E-state index contributed by atoms with van der Waals surface area (Å²) in [4.78, 5) is 10.2. The van der Waals surface area contributed by atoms with Gasteiger partial charge in [0.1, 0.15) is 0 Å². The van der Waals surface area contributed by atoms with Crippen LogP contribution >= 0.6 is 0 Å². The summed E-state index contributed by atoms with van der Waals surface area (Å²) in [5.74, 6) is -0.675. The summed E-state index contributed by atoms with van der Waals surface area (Å²) in [7, 11) is 0. The highest BCUT2D eigenvalue weighted by molar-refractivity contribution is 5.66. The Hall–Kier alpha value is -0.530. The smallest absolute Gasteiger partial charge is 0.303 e. The van der Waals surface area contributed by atoms with Crippen molar-refractivity contribution in [2.45, 2.75) is 98.8 Å². The molecule has 0 bridgehead atoms. The fourth-order valence-electron chi connectivity index (χ4n) is 1.79.